The van der Waals surface area contributed by atoms with Gasteiger partial charge < -0.3 is 14.6 Å². The van der Waals surface area contributed by atoms with Crippen LogP contribution in [0.15, 0.2) is 95.6 Å². The lowest BCUT2D eigenvalue weighted by Gasteiger charge is -2.29. The summed E-state index contributed by atoms with van der Waals surface area (Å²) in [6.45, 7) is 27.1. The zero-order valence-electron chi connectivity index (χ0n) is 29.5. The highest BCUT2D eigenvalue weighted by atomic mass is 16.3. The lowest BCUT2D eigenvalue weighted by molar-refractivity contribution is 0.589. The van der Waals surface area contributed by atoms with E-state index in [1.54, 1.807) is 0 Å². The van der Waals surface area contributed by atoms with E-state index in [2.05, 4.69) is 178 Å². The Kier molecular flexibility index (Phi) is 8.23. The Morgan fingerprint density at radius 2 is 0.978 bits per heavy atom. The monoisotopic (exact) mass is 600 g/mol. The van der Waals surface area contributed by atoms with Crippen LogP contribution in [0.3, 0.4) is 0 Å². The quantitative estimate of drug-likeness (QED) is 0.217. The number of nitrogens with zero attached hydrogens (tertiary/aromatic N) is 1. The number of rotatable bonds is 5. The molecule has 0 aliphatic heterocycles. The van der Waals surface area contributed by atoms with Gasteiger partial charge in [0.2, 0.25) is 0 Å². The van der Waals surface area contributed by atoms with E-state index in [1.807, 2.05) is 6.26 Å². The normalized spacial score (nSPS) is 12.9. The minimum atomic E-state index is -0.0534. The van der Waals surface area contributed by atoms with Gasteiger partial charge in [-0.1, -0.05) is 113 Å². The van der Waals surface area contributed by atoms with Gasteiger partial charge in [0.1, 0.15) is 11.8 Å². The van der Waals surface area contributed by atoms with Crippen molar-refractivity contribution in [1.29, 1.82) is 0 Å². The molecule has 4 aromatic carbocycles. The van der Waals surface area contributed by atoms with Gasteiger partial charge in [0, 0.05) is 28.1 Å². The van der Waals surface area contributed by atoms with Crippen LogP contribution in [0.4, 0.5) is 28.4 Å². The van der Waals surface area contributed by atoms with E-state index in [1.165, 1.54) is 22.3 Å². The molecule has 0 aliphatic rings. The second-order valence-electron chi connectivity index (χ2n) is 16.7. The zero-order chi connectivity index (χ0) is 32.9. The Balaban J connectivity index is 1.70. The number of hydrogen-bond donors (Lipinski definition) is 1. The Hall–Kier alpha value is -3.98. The van der Waals surface area contributed by atoms with Gasteiger partial charge in [-0.2, -0.15) is 0 Å². The third-order valence-corrected chi connectivity index (χ3v) is 8.73. The van der Waals surface area contributed by atoms with Crippen molar-refractivity contribution in [2.24, 2.45) is 0 Å². The molecule has 45 heavy (non-hydrogen) atoms. The highest BCUT2D eigenvalue weighted by Gasteiger charge is 2.24. The molecule has 0 radical (unpaired) electrons. The molecule has 236 valence electrons. The fraction of sp³-hybridized carbons (Fsp3) is 0.381. The Morgan fingerprint density at radius 1 is 0.467 bits per heavy atom. The number of nitrogens with one attached hydrogen (secondary N) is 1. The standard InChI is InChI=1S/C42H52N2O/c1-39(2,3)28-13-18-32(19-14-28)43-33-23-31(42(10,11)12)24-35(26-33)44(34-20-15-29(16-21-34)40(4,5)6)37-27-45-38-22-17-30(25-36(37)38)41(7,8)9/h13-27,43H,1-12H3. The maximum absolute atomic E-state index is 6.22. The molecule has 3 heteroatoms. The highest BCUT2D eigenvalue weighted by molar-refractivity contribution is 5.97. The molecule has 0 saturated carbocycles. The van der Waals surface area contributed by atoms with Crippen molar-refractivity contribution in [3.63, 3.8) is 0 Å². The van der Waals surface area contributed by atoms with E-state index in [0.29, 0.717) is 0 Å². The van der Waals surface area contributed by atoms with Gasteiger partial charge in [-0.15, -0.1) is 0 Å². The van der Waals surface area contributed by atoms with E-state index >= 15 is 0 Å². The Morgan fingerprint density at radius 3 is 1.51 bits per heavy atom. The molecular weight excluding hydrogens is 548 g/mol. The molecule has 0 spiro atoms. The smallest absolute Gasteiger partial charge is 0.136 e. The largest absolute Gasteiger partial charge is 0.462 e. The minimum Gasteiger partial charge on any atom is -0.462 e. The Bertz CT molecular complexity index is 1780. The fourth-order valence-corrected chi connectivity index (χ4v) is 5.66. The maximum atomic E-state index is 6.22. The number of hydrogen-bond acceptors (Lipinski definition) is 3. The summed E-state index contributed by atoms with van der Waals surface area (Å²) in [6, 6.07) is 31.3. The molecular formula is C42H52N2O. The first-order valence-electron chi connectivity index (χ1n) is 16.3. The third-order valence-electron chi connectivity index (χ3n) is 8.73. The molecule has 1 heterocycles. The van der Waals surface area contributed by atoms with E-state index in [-0.39, 0.29) is 21.7 Å². The van der Waals surface area contributed by atoms with Gasteiger partial charge in [0.15, 0.2) is 0 Å². The van der Waals surface area contributed by atoms with Gasteiger partial charge >= 0.3 is 0 Å². The molecule has 0 aliphatic carbocycles. The Labute approximate surface area is 271 Å². The number of fused-ring (bicyclic) bond motifs is 1. The summed E-state index contributed by atoms with van der Waals surface area (Å²) in [6.07, 6.45) is 1.91. The van der Waals surface area contributed by atoms with Crippen molar-refractivity contribution in [1.82, 2.24) is 0 Å². The molecule has 0 atom stereocenters. The fourth-order valence-electron chi connectivity index (χ4n) is 5.66. The molecule has 0 unspecified atom stereocenters. The van der Waals surface area contributed by atoms with Crippen LogP contribution in [0, 0.1) is 0 Å². The van der Waals surface area contributed by atoms with Gasteiger partial charge in [-0.25, -0.2) is 0 Å². The average Bonchev–Trinajstić information content (AvgIpc) is 3.35. The van der Waals surface area contributed by atoms with Crippen LogP contribution in [-0.2, 0) is 21.7 Å². The zero-order valence-corrected chi connectivity index (χ0v) is 29.5. The predicted octanol–water partition coefficient (Wildman–Crippen LogP) is 12.8. The number of benzene rings is 4. The van der Waals surface area contributed by atoms with Gasteiger partial charge in [-0.3, -0.25) is 0 Å². The molecule has 0 bridgehead atoms. The van der Waals surface area contributed by atoms with E-state index in [9.17, 15) is 0 Å². The summed E-state index contributed by atoms with van der Waals surface area (Å²) in [5.74, 6) is 0. The molecule has 0 fully saturated rings. The number of furan rings is 1. The highest BCUT2D eigenvalue weighted by Crippen LogP contribution is 2.44. The number of anilines is 5. The molecule has 5 rings (SSSR count). The topological polar surface area (TPSA) is 28.4 Å². The maximum Gasteiger partial charge on any atom is 0.136 e. The van der Waals surface area contributed by atoms with Crippen LogP contribution < -0.4 is 10.2 Å². The summed E-state index contributed by atoms with van der Waals surface area (Å²) in [7, 11) is 0. The summed E-state index contributed by atoms with van der Waals surface area (Å²) < 4.78 is 6.22. The van der Waals surface area contributed by atoms with E-state index < -0.39 is 0 Å². The summed E-state index contributed by atoms with van der Waals surface area (Å²) in [4.78, 5) is 2.35. The van der Waals surface area contributed by atoms with Crippen LogP contribution in [0.25, 0.3) is 11.0 Å². The van der Waals surface area contributed by atoms with E-state index in [4.69, 9.17) is 4.42 Å². The van der Waals surface area contributed by atoms with E-state index in [0.717, 1.165) is 39.4 Å². The first-order valence-corrected chi connectivity index (χ1v) is 16.3. The van der Waals surface area contributed by atoms with Crippen LogP contribution in [0.2, 0.25) is 0 Å². The second-order valence-corrected chi connectivity index (χ2v) is 16.7. The van der Waals surface area contributed by atoms with Crippen molar-refractivity contribution in [2.75, 3.05) is 10.2 Å². The summed E-state index contributed by atoms with van der Waals surface area (Å²) in [5, 5.41) is 4.84. The van der Waals surface area contributed by atoms with Gasteiger partial charge in [0.25, 0.3) is 0 Å². The van der Waals surface area contributed by atoms with Crippen LogP contribution in [0.1, 0.15) is 105 Å². The SMILES string of the molecule is CC(C)(C)c1ccc(Nc2cc(N(c3ccc(C(C)(C)C)cc3)c3coc4ccc(C(C)(C)C)cc34)cc(C(C)(C)C)c2)cc1. The van der Waals surface area contributed by atoms with Crippen molar-refractivity contribution in [3.05, 3.63) is 113 Å². The molecule has 0 saturated heterocycles. The molecule has 0 amide bonds. The average molecular weight is 601 g/mol. The van der Waals surface area contributed by atoms with Crippen LogP contribution >= 0.6 is 0 Å². The minimum absolute atomic E-state index is 0.0215. The molecule has 1 aromatic heterocycles. The van der Waals surface area contributed by atoms with Crippen LogP contribution in [-0.4, -0.2) is 0 Å². The first-order chi connectivity index (χ1) is 20.8. The summed E-state index contributed by atoms with van der Waals surface area (Å²) >= 11 is 0. The van der Waals surface area contributed by atoms with Crippen molar-refractivity contribution in [2.45, 2.75) is 105 Å². The van der Waals surface area contributed by atoms with Gasteiger partial charge in [-0.05, 0) is 98.5 Å². The lowest BCUT2D eigenvalue weighted by Crippen LogP contribution is -2.16. The second kappa shape index (κ2) is 11.4. The predicted molar refractivity (Wildman–Crippen MR) is 195 cm³/mol. The molecule has 3 nitrogen and oxygen atoms in total. The van der Waals surface area contributed by atoms with Crippen molar-refractivity contribution >= 4 is 39.4 Å². The van der Waals surface area contributed by atoms with Gasteiger partial charge in [0.05, 0.1) is 5.69 Å². The lowest BCUT2D eigenvalue weighted by atomic mass is 9.85. The first kappa shape index (κ1) is 32.4. The third kappa shape index (κ3) is 7.14. The summed E-state index contributed by atoms with van der Waals surface area (Å²) in [5.41, 5.74) is 11.6. The molecule has 5 aromatic rings. The van der Waals surface area contributed by atoms with Crippen molar-refractivity contribution in [3.8, 4) is 0 Å². The van der Waals surface area contributed by atoms with Crippen LogP contribution in [0.5, 0.6) is 0 Å². The van der Waals surface area contributed by atoms with Crippen molar-refractivity contribution < 1.29 is 4.42 Å². The molecule has 1 N–H and O–H groups in total.